The molecule has 2 aromatic heterocycles. The van der Waals surface area contributed by atoms with Crippen molar-refractivity contribution in [2.45, 2.75) is 6.92 Å². The molecule has 6 heteroatoms. The van der Waals surface area contributed by atoms with E-state index < -0.39 is 7.12 Å². The highest BCUT2D eigenvalue weighted by atomic mass is 32.1. The normalized spacial score (nSPS) is 10.5. The average Bonchev–Trinajstić information content (AvgIpc) is 2.70. The van der Waals surface area contributed by atoms with Crippen LogP contribution in [0.4, 0.5) is 0 Å². The maximum absolute atomic E-state index is 8.88. The summed E-state index contributed by atoms with van der Waals surface area (Å²) in [5, 5.41) is 20.1. The van der Waals surface area contributed by atoms with Crippen LogP contribution in [0.5, 0.6) is 0 Å². The lowest BCUT2D eigenvalue weighted by molar-refractivity contribution is 0.424. The molecule has 0 aromatic carbocycles. The summed E-state index contributed by atoms with van der Waals surface area (Å²) in [5.74, 6) is 0. The Bertz CT molecular complexity index is 438. The fourth-order valence-electron chi connectivity index (χ4n) is 1.14. The number of aromatic nitrogens is 2. The van der Waals surface area contributed by atoms with E-state index in [-0.39, 0.29) is 5.59 Å². The Hall–Kier alpha value is -1.11. The van der Waals surface area contributed by atoms with Gasteiger partial charge in [-0.2, -0.15) is 0 Å². The SMILES string of the molecule is Cc1ccn(-c2nc(B(O)O)cs2)c1. The van der Waals surface area contributed by atoms with Crippen LogP contribution in [0.2, 0.25) is 0 Å². The minimum Gasteiger partial charge on any atom is -0.422 e. The van der Waals surface area contributed by atoms with Crippen LogP contribution < -0.4 is 5.59 Å². The zero-order chi connectivity index (χ0) is 10.1. The van der Waals surface area contributed by atoms with Gasteiger partial charge in [0.1, 0.15) is 0 Å². The Morgan fingerprint density at radius 1 is 1.50 bits per heavy atom. The Labute approximate surface area is 85.6 Å². The van der Waals surface area contributed by atoms with Crippen molar-refractivity contribution in [3.8, 4) is 5.13 Å². The summed E-state index contributed by atoms with van der Waals surface area (Å²) in [6.45, 7) is 1.99. The molecule has 0 saturated carbocycles. The number of aryl methyl sites for hydroxylation is 1. The molecule has 0 aliphatic heterocycles. The first kappa shape index (κ1) is 9.45. The topological polar surface area (TPSA) is 58.3 Å². The first-order chi connectivity index (χ1) is 6.66. The fraction of sp³-hybridized carbons (Fsp3) is 0.125. The standard InChI is InChI=1S/C8H9BN2O2S/c1-6-2-3-11(4-6)8-10-7(5-14-8)9(12)13/h2-5,12-13H,1H3. The van der Waals surface area contributed by atoms with Crippen molar-refractivity contribution in [3.63, 3.8) is 0 Å². The van der Waals surface area contributed by atoms with Crippen molar-refractivity contribution in [3.05, 3.63) is 29.4 Å². The number of hydrogen-bond acceptors (Lipinski definition) is 4. The van der Waals surface area contributed by atoms with E-state index >= 15 is 0 Å². The summed E-state index contributed by atoms with van der Waals surface area (Å²) >= 11 is 1.38. The Kier molecular flexibility index (Phi) is 2.41. The molecule has 4 nitrogen and oxygen atoms in total. The molecule has 0 spiro atoms. The summed E-state index contributed by atoms with van der Waals surface area (Å²) in [6.07, 6.45) is 3.83. The zero-order valence-electron chi connectivity index (χ0n) is 7.58. The van der Waals surface area contributed by atoms with Crippen LogP contribution >= 0.6 is 11.3 Å². The summed E-state index contributed by atoms with van der Waals surface area (Å²) in [6, 6.07) is 1.97. The molecule has 0 aliphatic carbocycles. The lowest BCUT2D eigenvalue weighted by Gasteiger charge is -1.94. The average molecular weight is 208 g/mol. The van der Waals surface area contributed by atoms with Crippen LogP contribution in [-0.2, 0) is 0 Å². The summed E-state index contributed by atoms with van der Waals surface area (Å²) < 4.78 is 1.85. The first-order valence-electron chi connectivity index (χ1n) is 4.13. The van der Waals surface area contributed by atoms with Gasteiger partial charge >= 0.3 is 7.12 Å². The van der Waals surface area contributed by atoms with Gasteiger partial charge in [0, 0.05) is 17.8 Å². The van der Waals surface area contributed by atoms with Crippen LogP contribution in [0.15, 0.2) is 23.8 Å². The summed E-state index contributed by atoms with van der Waals surface area (Å²) in [5.41, 5.74) is 1.43. The second-order valence-corrected chi connectivity index (χ2v) is 3.86. The highest BCUT2D eigenvalue weighted by Gasteiger charge is 2.15. The van der Waals surface area contributed by atoms with Crippen molar-refractivity contribution in [2.75, 3.05) is 0 Å². The number of nitrogens with zero attached hydrogens (tertiary/aromatic N) is 2. The Morgan fingerprint density at radius 2 is 2.29 bits per heavy atom. The minimum absolute atomic E-state index is 0.288. The lowest BCUT2D eigenvalue weighted by atomic mass is 9.88. The molecule has 0 bridgehead atoms. The smallest absolute Gasteiger partial charge is 0.422 e. The molecule has 2 rings (SSSR count). The van der Waals surface area contributed by atoms with Crippen LogP contribution in [0.25, 0.3) is 5.13 Å². The molecule has 2 heterocycles. The second kappa shape index (κ2) is 3.57. The second-order valence-electron chi connectivity index (χ2n) is 3.02. The van der Waals surface area contributed by atoms with Gasteiger partial charge in [-0.1, -0.05) is 0 Å². The van der Waals surface area contributed by atoms with E-state index in [9.17, 15) is 0 Å². The Balaban J connectivity index is 2.33. The highest BCUT2D eigenvalue weighted by Crippen LogP contribution is 2.11. The van der Waals surface area contributed by atoms with Gasteiger partial charge in [0.2, 0.25) is 0 Å². The fourth-order valence-corrected chi connectivity index (χ4v) is 1.93. The minimum atomic E-state index is -1.49. The quantitative estimate of drug-likeness (QED) is 0.678. The molecule has 14 heavy (non-hydrogen) atoms. The molecule has 0 fully saturated rings. The number of thiazole rings is 1. The first-order valence-corrected chi connectivity index (χ1v) is 5.01. The van der Waals surface area contributed by atoms with E-state index in [0.29, 0.717) is 0 Å². The van der Waals surface area contributed by atoms with Gasteiger partial charge in [-0.05, 0) is 18.6 Å². The molecule has 0 amide bonds. The van der Waals surface area contributed by atoms with Gasteiger partial charge in [-0.25, -0.2) is 4.98 Å². The summed E-state index contributed by atoms with van der Waals surface area (Å²) in [4.78, 5) is 4.07. The molecule has 2 aromatic rings. The molecular formula is C8H9BN2O2S. The van der Waals surface area contributed by atoms with Crippen LogP contribution in [0.1, 0.15) is 5.56 Å². The molecule has 0 atom stereocenters. The van der Waals surface area contributed by atoms with Crippen molar-refractivity contribution >= 4 is 24.0 Å². The van der Waals surface area contributed by atoms with Crippen molar-refractivity contribution in [2.24, 2.45) is 0 Å². The molecule has 2 N–H and O–H groups in total. The van der Waals surface area contributed by atoms with Crippen LogP contribution in [-0.4, -0.2) is 26.7 Å². The maximum Gasteiger partial charge on any atom is 0.509 e. The van der Waals surface area contributed by atoms with Gasteiger partial charge in [-0.15, -0.1) is 11.3 Å². The van der Waals surface area contributed by atoms with E-state index in [0.717, 1.165) is 10.7 Å². The molecule has 0 unspecified atom stereocenters. The zero-order valence-corrected chi connectivity index (χ0v) is 8.40. The van der Waals surface area contributed by atoms with Crippen molar-refractivity contribution < 1.29 is 10.0 Å². The third-order valence-corrected chi connectivity index (χ3v) is 2.71. The van der Waals surface area contributed by atoms with E-state index in [2.05, 4.69) is 4.98 Å². The molecule has 72 valence electrons. The van der Waals surface area contributed by atoms with Gasteiger partial charge in [-0.3, -0.25) is 4.57 Å². The predicted molar refractivity (Wildman–Crippen MR) is 56.0 cm³/mol. The monoisotopic (exact) mass is 208 g/mol. The third-order valence-electron chi connectivity index (χ3n) is 1.84. The predicted octanol–water partition coefficient (Wildman–Crippen LogP) is -0.0780. The number of rotatable bonds is 2. The van der Waals surface area contributed by atoms with E-state index in [1.807, 2.05) is 30.0 Å². The molecule has 0 aliphatic rings. The lowest BCUT2D eigenvalue weighted by Crippen LogP contribution is -2.30. The third kappa shape index (κ3) is 1.72. The summed E-state index contributed by atoms with van der Waals surface area (Å²) in [7, 11) is -1.49. The van der Waals surface area contributed by atoms with Crippen molar-refractivity contribution in [1.82, 2.24) is 9.55 Å². The largest absolute Gasteiger partial charge is 0.509 e. The van der Waals surface area contributed by atoms with Crippen LogP contribution in [0.3, 0.4) is 0 Å². The Morgan fingerprint density at radius 3 is 2.79 bits per heavy atom. The number of hydrogen-bond donors (Lipinski definition) is 2. The van der Waals surface area contributed by atoms with Gasteiger partial charge in [0.15, 0.2) is 5.13 Å². The van der Waals surface area contributed by atoms with Crippen LogP contribution in [0, 0.1) is 6.92 Å². The molecular weight excluding hydrogens is 199 g/mol. The van der Waals surface area contributed by atoms with Gasteiger partial charge < -0.3 is 10.0 Å². The van der Waals surface area contributed by atoms with Gasteiger partial charge in [0.05, 0.1) is 5.59 Å². The van der Waals surface area contributed by atoms with Crippen molar-refractivity contribution in [1.29, 1.82) is 0 Å². The molecule has 0 radical (unpaired) electrons. The van der Waals surface area contributed by atoms with E-state index in [1.165, 1.54) is 11.3 Å². The maximum atomic E-state index is 8.88. The highest BCUT2D eigenvalue weighted by molar-refractivity contribution is 7.13. The van der Waals surface area contributed by atoms with E-state index in [4.69, 9.17) is 10.0 Å². The van der Waals surface area contributed by atoms with E-state index in [1.54, 1.807) is 5.38 Å². The van der Waals surface area contributed by atoms with Gasteiger partial charge in [0.25, 0.3) is 0 Å². The molecule has 0 saturated heterocycles.